The summed E-state index contributed by atoms with van der Waals surface area (Å²) in [6.07, 6.45) is -0.0969. The zero-order chi connectivity index (χ0) is 20.1. The maximum atomic E-state index is 9.21. The van der Waals surface area contributed by atoms with Crippen molar-refractivity contribution in [2.75, 3.05) is 19.8 Å². The molecule has 152 valence electrons. The van der Waals surface area contributed by atoms with Gasteiger partial charge in [0.05, 0.1) is 6.54 Å². The molecule has 0 aliphatic carbocycles. The lowest BCUT2D eigenvalue weighted by atomic mass is 9.99. The number of nitrogens with zero attached hydrogens (tertiary/aromatic N) is 1. The molecule has 5 heteroatoms. The number of aliphatic hydroxyl groups is 1. The number of benzene rings is 2. The SMILES string of the molecule is CCOC(c1ccccc1)c1ccc2c(c1)CN(Cc1ccc(CO)o1)CCO2. The molecule has 1 aliphatic heterocycles. The zero-order valence-electron chi connectivity index (χ0n) is 16.7. The molecule has 3 aromatic rings. The van der Waals surface area contributed by atoms with E-state index in [1.165, 1.54) is 0 Å². The number of hydrogen-bond acceptors (Lipinski definition) is 5. The van der Waals surface area contributed by atoms with Crippen molar-refractivity contribution in [1.82, 2.24) is 4.90 Å². The van der Waals surface area contributed by atoms with Gasteiger partial charge in [0.25, 0.3) is 0 Å². The number of hydrogen-bond donors (Lipinski definition) is 1. The molecule has 1 aliphatic rings. The molecule has 0 spiro atoms. The standard InChI is InChI=1S/C24H27NO4/c1-2-27-24(18-6-4-3-5-7-18)19-8-11-23-20(14-19)15-25(12-13-28-23)16-21-9-10-22(17-26)29-21/h3-11,14,24,26H,2,12-13,15-17H2,1H3. The third kappa shape index (κ3) is 4.70. The number of ether oxygens (including phenoxy) is 2. The Morgan fingerprint density at radius 1 is 1.03 bits per heavy atom. The van der Waals surface area contributed by atoms with E-state index < -0.39 is 0 Å². The Morgan fingerprint density at radius 2 is 1.86 bits per heavy atom. The van der Waals surface area contributed by atoms with Gasteiger partial charge in [-0.25, -0.2) is 0 Å². The van der Waals surface area contributed by atoms with Crippen molar-refractivity contribution < 1.29 is 19.0 Å². The lowest BCUT2D eigenvalue weighted by Crippen LogP contribution is -2.25. The molecular weight excluding hydrogens is 366 g/mol. The van der Waals surface area contributed by atoms with Crippen LogP contribution in [-0.2, 0) is 24.4 Å². The third-order valence-corrected chi connectivity index (χ3v) is 5.13. The van der Waals surface area contributed by atoms with Crippen LogP contribution in [0.5, 0.6) is 5.75 Å². The molecule has 0 radical (unpaired) electrons. The first-order valence-electron chi connectivity index (χ1n) is 10.1. The van der Waals surface area contributed by atoms with Crippen LogP contribution in [0, 0.1) is 0 Å². The maximum absolute atomic E-state index is 9.21. The minimum Gasteiger partial charge on any atom is -0.492 e. The fourth-order valence-electron chi connectivity index (χ4n) is 3.76. The Bertz CT molecular complexity index is 922. The molecule has 0 amide bonds. The third-order valence-electron chi connectivity index (χ3n) is 5.13. The molecule has 0 bridgehead atoms. The van der Waals surface area contributed by atoms with Gasteiger partial charge in [-0.2, -0.15) is 0 Å². The molecule has 5 nitrogen and oxygen atoms in total. The van der Waals surface area contributed by atoms with Crippen LogP contribution in [0.3, 0.4) is 0 Å². The second kappa shape index (κ2) is 9.27. The molecule has 1 aromatic heterocycles. The maximum Gasteiger partial charge on any atom is 0.129 e. The van der Waals surface area contributed by atoms with Crippen LogP contribution in [0.15, 0.2) is 65.1 Å². The highest BCUT2D eigenvalue weighted by Crippen LogP contribution is 2.32. The van der Waals surface area contributed by atoms with E-state index in [9.17, 15) is 5.11 Å². The minimum absolute atomic E-state index is 0.0758. The van der Waals surface area contributed by atoms with Crippen LogP contribution in [-0.4, -0.2) is 29.8 Å². The highest BCUT2D eigenvalue weighted by atomic mass is 16.5. The van der Waals surface area contributed by atoms with E-state index >= 15 is 0 Å². The summed E-state index contributed by atoms with van der Waals surface area (Å²) in [5.41, 5.74) is 3.42. The first-order valence-corrected chi connectivity index (χ1v) is 10.1. The predicted octanol–water partition coefficient (Wildman–Crippen LogP) is 4.29. The number of aliphatic hydroxyl groups excluding tert-OH is 1. The Kier molecular flexibility index (Phi) is 6.30. The first-order chi connectivity index (χ1) is 14.3. The van der Waals surface area contributed by atoms with E-state index in [1.54, 1.807) is 0 Å². The van der Waals surface area contributed by atoms with E-state index in [2.05, 4.69) is 35.2 Å². The average molecular weight is 393 g/mol. The topological polar surface area (TPSA) is 55.1 Å². The second-order valence-corrected chi connectivity index (χ2v) is 7.20. The van der Waals surface area contributed by atoms with Gasteiger partial charge in [-0.15, -0.1) is 0 Å². The van der Waals surface area contributed by atoms with Gasteiger partial charge < -0.3 is 19.0 Å². The van der Waals surface area contributed by atoms with E-state index in [4.69, 9.17) is 13.9 Å². The van der Waals surface area contributed by atoms with Crippen LogP contribution in [0.25, 0.3) is 0 Å². The van der Waals surface area contributed by atoms with E-state index in [1.807, 2.05) is 37.3 Å². The predicted molar refractivity (Wildman–Crippen MR) is 111 cm³/mol. The fourth-order valence-corrected chi connectivity index (χ4v) is 3.76. The Labute approximate surface area is 171 Å². The summed E-state index contributed by atoms with van der Waals surface area (Å²) in [7, 11) is 0. The lowest BCUT2D eigenvalue weighted by molar-refractivity contribution is 0.0912. The van der Waals surface area contributed by atoms with E-state index in [0.717, 1.165) is 41.3 Å². The van der Waals surface area contributed by atoms with Gasteiger partial charge in [0.1, 0.15) is 36.6 Å². The van der Waals surface area contributed by atoms with Gasteiger partial charge in [-0.05, 0) is 42.3 Å². The number of furan rings is 1. The van der Waals surface area contributed by atoms with Crippen molar-refractivity contribution >= 4 is 0 Å². The van der Waals surface area contributed by atoms with Crippen LogP contribution in [0.4, 0.5) is 0 Å². The van der Waals surface area contributed by atoms with Crippen molar-refractivity contribution in [1.29, 1.82) is 0 Å². The van der Waals surface area contributed by atoms with Gasteiger partial charge in [0.2, 0.25) is 0 Å². The normalized spacial score (nSPS) is 15.4. The summed E-state index contributed by atoms with van der Waals surface area (Å²) in [6, 6.07) is 20.4. The molecule has 29 heavy (non-hydrogen) atoms. The summed E-state index contributed by atoms with van der Waals surface area (Å²) in [5, 5.41) is 9.21. The van der Waals surface area contributed by atoms with Crippen molar-refractivity contribution in [3.8, 4) is 5.75 Å². The largest absolute Gasteiger partial charge is 0.492 e. The van der Waals surface area contributed by atoms with Gasteiger partial charge in [0.15, 0.2) is 0 Å². The molecule has 4 rings (SSSR count). The van der Waals surface area contributed by atoms with Gasteiger partial charge in [-0.1, -0.05) is 36.4 Å². The van der Waals surface area contributed by atoms with Gasteiger partial charge in [-0.3, -0.25) is 4.90 Å². The number of rotatable bonds is 7. The summed E-state index contributed by atoms with van der Waals surface area (Å²) in [5.74, 6) is 2.37. The highest BCUT2D eigenvalue weighted by molar-refractivity contribution is 5.41. The molecule has 0 saturated heterocycles. The van der Waals surface area contributed by atoms with Gasteiger partial charge in [0, 0.05) is 25.3 Å². The molecule has 1 N–H and O–H groups in total. The van der Waals surface area contributed by atoms with Crippen LogP contribution in [0.1, 0.15) is 41.2 Å². The highest BCUT2D eigenvalue weighted by Gasteiger charge is 2.20. The summed E-state index contributed by atoms with van der Waals surface area (Å²) >= 11 is 0. The lowest BCUT2D eigenvalue weighted by Gasteiger charge is -2.21. The molecule has 0 saturated carbocycles. The van der Waals surface area contributed by atoms with Crippen LogP contribution >= 0.6 is 0 Å². The van der Waals surface area contributed by atoms with Crippen molar-refractivity contribution in [3.63, 3.8) is 0 Å². The van der Waals surface area contributed by atoms with Crippen molar-refractivity contribution in [2.24, 2.45) is 0 Å². The van der Waals surface area contributed by atoms with Crippen LogP contribution < -0.4 is 4.74 Å². The summed E-state index contributed by atoms with van der Waals surface area (Å²) in [6.45, 7) is 5.49. The molecule has 1 atom stereocenters. The summed E-state index contributed by atoms with van der Waals surface area (Å²) < 4.78 is 17.7. The molecule has 2 aromatic carbocycles. The average Bonchev–Trinajstić information content (AvgIpc) is 3.11. The second-order valence-electron chi connectivity index (χ2n) is 7.20. The molecule has 1 unspecified atom stereocenters. The number of fused-ring (bicyclic) bond motifs is 1. The fraction of sp³-hybridized carbons (Fsp3) is 0.333. The Hall–Kier alpha value is -2.60. The summed E-state index contributed by atoms with van der Waals surface area (Å²) in [4.78, 5) is 2.30. The van der Waals surface area contributed by atoms with Crippen LogP contribution in [0.2, 0.25) is 0 Å². The van der Waals surface area contributed by atoms with Crippen molar-refractivity contribution in [3.05, 3.63) is 88.9 Å². The van der Waals surface area contributed by atoms with Crippen molar-refractivity contribution in [2.45, 2.75) is 32.7 Å². The smallest absolute Gasteiger partial charge is 0.129 e. The quantitative estimate of drug-likeness (QED) is 0.649. The molecular formula is C24H27NO4. The molecule has 0 fully saturated rings. The Balaban J connectivity index is 1.57. The zero-order valence-corrected chi connectivity index (χ0v) is 16.7. The minimum atomic E-state index is -0.0969. The van der Waals surface area contributed by atoms with E-state index in [-0.39, 0.29) is 12.7 Å². The van der Waals surface area contributed by atoms with E-state index in [0.29, 0.717) is 25.5 Å². The first kappa shape index (κ1) is 19.7. The molecule has 2 heterocycles. The van der Waals surface area contributed by atoms with Gasteiger partial charge >= 0.3 is 0 Å². The Morgan fingerprint density at radius 3 is 2.62 bits per heavy atom. The monoisotopic (exact) mass is 393 g/mol.